The normalized spacial score (nSPS) is 12.5. The first-order valence-corrected chi connectivity index (χ1v) is 8.54. The second-order valence-corrected chi connectivity index (χ2v) is 6.10. The third-order valence-electron chi connectivity index (χ3n) is 4.58. The van der Waals surface area contributed by atoms with Crippen molar-refractivity contribution in [1.82, 2.24) is 5.32 Å². The summed E-state index contributed by atoms with van der Waals surface area (Å²) in [4.78, 5) is 14.5. The number of ether oxygens (including phenoxy) is 3. The smallest absolute Gasteiger partial charge is 0.239 e. The molecule has 0 spiro atoms. The van der Waals surface area contributed by atoms with Crippen LogP contribution in [0.3, 0.4) is 0 Å². The predicted molar refractivity (Wildman–Crippen MR) is 100 cm³/mol. The molecule has 2 aromatic carbocycles. The standard InChI is InChI=1S/C20H24N2O4/c1-24-17-11-19(26-3)18(25-2)10-15(17)12-21-20(23)13-22-9-8-14-6-4-5-7-16(14)22/h4-7,10-11H,8-9,12-13H2,1-3H3,(H,21,23). The van der Waals surface area contributed by atoms with Gasteiger partial charge in [0.05, 0.1) is 27.9 Å². The SMILES string of the molecule is COc1cc(OC)c(OC)cc1CNC(=O)CN1CCc2ccccc21. The van der Waals surface area contributed by atoms with Crippen molar-refractivity contribution < 1.29 is 19.0 Å². The molecule has 0 unspecified atom stereocenters. The highest BCUT2D eigenvalue weighted by atomic mass is 16.5. The summed E-state index contributed by atoms with van der Waals surface area (Å²) in [5.41, 5.74) is 3.27. The van der Waals surface area contributed by atoms with Crippen molar-refractivity contribution in [3.05, 3.63) is 47.5 Å². The van der Waals surface area contributed by atoms with Crippen LogP contribution in [-0.2, 0) is 17.8 Å². The molecule has 6 nitrogen and oxygen atoms in total. The summed E-state index contributed by atoms with van der Waals surface area (Å²) in [6.07, 6.45) is 0.979. The molecule has 1 aliphatic heterocycles. The number of hydrogen-bond donors (Lipinski definition) is 1. The zero-order valence-corrected chi connectivity index (χ0v) is 15.4. The van der Waals surface area contributed by atoms with Gasteiger partial charge in [-0.15, -0.1) is 0 Å². The van der Waals surface area contributed by atoms with Gasteiger partial charge >= 0.3 is 0 Å². The molecule has 1 heterocycles. The maximum Gasteiger partial charge on any atom is 0.239 e. The summed E-state index contributed by atoms with van der Waals surface area (Å²) in [6, 6.07) is 11.8. The average Bonchev–Trinajstić information content (AvgIpc) is 3.08. The lowest BCUT2D eigenvalue weighted by Gasteiger charge is -2.19. The molecule has 0 saturated carbocycles. The lowest BCUT2D eigenvalue weighted by molar-refractivity contribution is -0.119. The molecule has 0 aliphatic carbocycles. The van der Waals surface area contributed by atoms with E-state index >= 15 is 0 Å². The van der Waals surface area contributed by atoms with Crippen LogP contribution in [0.5, 0.6) is 17.2 Å². The van der Waals surface area contributed by atoms with Gasteiger partial charge in [-0.1, -0.05) is 18.2 Å². The summed E-state index contributed by atoms with van der Waals surface area (Å²) in [7, 11) is 4.75. The first kappa shape index (κ1) is 17.9. The zero-order chi connectivity index (χ0) is 18.5. The zero-order valence-electron chi connectivity index (χ0n) is 15.4. The summed E-state index contributed by atoms with van der Waals surface area (Å²) < 4.78 is 16.0. The van der Waals surface area contributed by atoms with E-state index in [0.717, 1.165) is 24.2 Å². The number of carbonyl (C=O) groups excluding carboxylic acids is 1. The highest BCUT2D eigenvalue weighted by Gasteiger charge is 2.20. The van der Waals surface area contributed by atoms with E-state index in [1.165, 1.54) is 5.56 Å². The van der Waals surface area contributed by atoms with Crippen molar-refractivity contribution in [2.45, 2.75) is 13.0 Å². The largest absolute Gasteiger partial charge is 0.496 e. The van der Waals surface area contributed by atoms with E-state index in [0.29, 0.717) is 30.3 Å². The van der Waals surface area contributed by atoms with E-state index in [9.17, 15) is 4.79 Å². The van der Waals surface area contributed by atoms with E-state index < -0.39 is 0 Å². The molecule has 0 radical (unpaired) electrons. The number of benzene rings is 2. The number of rotatable bonds is 7. The minimum Gasteiger partial charge on any atom is -0.496 e. The topological polar surface area (TPSA) is 60.0 Å². The van der Waals surface area contributed by atoms with Gasteiger partial charge in [-0.05, 0) is 24.1 Å². The van der Waals surface area contributed by atoms with E-state index in [4.69, 9.17) is 14.2 Å². The second kappa shape index (κ2) is 7.99. The molecule has 6 heteroatoms. The van der Waals surface area contributed by atoms with E-state index in [1.54, 1.807) is 27.4 Å². The first-order valence-electron chi connectivity index (χ1n) is 8.54. The molecule has 1 aliphatic rings. The molecule has 1 N–H and O–H groups in total. The fourth-order valence-electron chi connectivity index (χ4n) is 3.22. The van der Waals surface area contributed by atoms with Crippen LogP contribution in [-0.4, -0.2) is 40.3 Å². The molecule has 0 saturated heterocycles. The second-order valence-electron chi connectivity index (χ2n) is 6.10. The third kappa shape index (κ3) is 3.69. The molecule has 0 atom stereocenters. The number of nitrogens with zero attached hydrogens (tertiary/aromatic N) is 1. The van der Waals surface area contributed by atoms with Crippen LogP contribution in [0.4, 0.5) is 5.69 Å². The Balaban J connectivity index is 1.65. The Morgan fingerprint density at radius 1 is 1.04 bits per heavy atom. The Labute approximate surface area is 153 Å². The van der Waals surface area contributed by atoms with Crippen molar-refractivity contribution in [3.8, 4) is 17.2 Å². The quantitative estimate of drug-likeness (QED) is 0.825. The van der Waals surface area contributed by atoms with Crippen LogP contribution in [0.15, 0.2) is 36.4 Å². The molecule has 138 valence electrons. The van der Waals surface area contributed by atoms with Crippen LogP contribution >= 0.6 is 0 Å². The summed E-state index contributed by atoms with van der Waals surface area (Å²) >= 11 is 0. The number of hydrogen-bond acceptors (Lipinski definition) is 5. The Hall–Kier alpha value is -2.89. The molecule has 2 aromatic rings. The summed E-state index contributed by atoms with van der Waals surface area (Å²) in [5, 5.41) is 2.96. The van der Waals surface area contributed by atoms with Gasteiger partial charge in [0.25, 0.3) is 0 Å². The van der Waals surface area contributed by atoms with Crippen LogP contribution in [0.2, 0.25) is 0 Å². The highest BCUT2D eigenvalue weighted by molar-refractivity contribution is 5.82. The van der Waals surface area contributed by atoms with E-state index in [1.807, 2.05) is 18.2 Å². The minimum atomic E-state index is -0.0291. The van der Waals surface area contributed by atoms with Crippen molar-refractivity contribution in [3.63, 3.8) is 0 Å². The monoisotopic (exact) mass is 356 g/mol. The van der Waals surface area contributed by atoms with Gasteiger partial charge in [-0.2, -0.15) is 0 Å². The van der Waals surface area contributed by atoms with Crippen LogP contribution < -0.4 is 24.4 Å². The molecule has 3 rings (SSSR count). The number of methoxy groups -OCH3 is 3. The lowest BCUT2D eigenvalue weighted by atomic mass is 10.1. The number of nitrogens with one attached hydrogen (secondary N) is 1. The lowest BCUT2D eigenvalue weighted by Crippen LogP contribution is -2.36. The summed E-state index contributed by atoms with van der Waals surface area (Å²) in [6.45, 7) is 1.57. The Morgan fingerprint density at radius 2 is 1.73 bits per heavy atom. The maximum absolute atomic E-state index is 12.4. The van der Waals surface area contributed by atoms with Crippen molar-refractivity contribution in [2.75, 3.05) is 39.3 Å². The van der Waals surface area contributed by atoms with Gasteiger partial charge in [-0.25, -0.2) is 0 Å². The van der Waals surface area contributed by atoms with Gasteiger partial charge in [0.2, 0.25) is 5.91 Å². The molecule has 1 amide bonds. The van der Waals surface area contributed by atoms with Crippen molar-refractivity contribution in [2.24, 2.45) is 0 Å². The number of carbonyl (C=O) groups is 1. The molecule has 0 fully saturated rings. The van der Waals surface area contributed by atoms with Gasteiger partial charge < -0.3 is 24.4 Å². The van der Waals surface area contributed by atoms with E-state index in [-0.39, 0.29) is 5.91 Å². The predicted octanol–water partition coefficient (Wildman–Crippen LogP) is 2.39. The van der Waals surface area contributed by atoms with Crippen molar-refractivity contribution in [1.29, 1.82) is 0 Å². The van der Waals surface area contributed by atoms with Gasteiger partial charge in [0, 0.05) is 30.4 Å². The maximum atomic E-state index is 12.4. The first-order chi connectivity index (χ1) is 12.7. The Bertz CT molecular complexity index is 791. The van der Waals surface area contributed by atoms with Crippen LogP contribution in [0, 0.1) is 0 Å². The molecule has 0 aromatic heterocycles. The fraction of sp³-hybridized carbons (Fsp3) is 0.350. The van der Waals surface area contributed by atoms with Crippen LogP contribution in [0.1, 0.15) is 11.1 Å². The van der Waals surface area contributed by atoms with Gasteiger partial charge in [-0.3, -0.25) is 4.79 Å². The number of anilines is 1. The fourth-order valence-corrected chi connectivity index (χ4v) is 3.22. The third-order valence-corrected chi connectivity index (χ3v) is 4.58. The van der Waals surface area contributed by atoms with E-state index in [2.05, 4.69) is 22.3 Å². The van der Waals surface area contributed by atoms with Crippen LogP contribution in [0.25, 0.3) is 0 Å². The Kier molecular flexibility index (Phi) is 5.51. The molecule has 26 heavy (non-hydrogen) atoms. The average molecular weight is 356 g/mol. The minimum absolute atomic E-state index is 0.0291. The number of fused-ring (bicyclic) bond motifs is 1. The summed E-state index contributed by atoms with van der Waals surface area (Å²) in [5.74, 6) is 1.81. The van der Waals surface area contributed by atoms with Gasteiger partial charge in [0.1, 0.15) is 5.75 Å². The Morgan fingerprint density at radius 3 is 2.46 bits per heavy atom. The number of para-hydroxylation sites is 1. The van der Waals surface area contributed by atoms with Crippen molar-refractivity contribution >= 4 is 11.6 Å². The number of amides is 1. The van der Waals surface area contributed by atoms with Gasteiger partial charge in [0.15, 0.2) is 11.5 Å². The highest BCUT2D eigenvalue weighted by Crippen LogP contribution is 2.34. The molecular weight excluding hydrogens is 332 g/mol. The molecular formula is C20H24N2O4. The molecule has 0 bridgehead atoms.